The minimum absolute atomic E-state index is 0.103. The number of rotatable bonds is 4. The number of carbonyl (C=O) groups is 1. The fourth-order valence-electron chi connectivity index (χ4n) is 2.22. The first kappa shape index (κ1) is 11.5. The Labute approximate surface area is 86.4 Å². The molecule has 1 aliphatic rings. The summed E-state index contributed by atoms with van der Waals surface area (Å²) in [5.41, 5.74) is 5.30. The molecule has 2 unspecified atom stereocenters. The van der Waals surface area contributed by atoms with Crippen LogP contribution in [-0.2, 0) is 4.79 Å². The summed E-state index contributed by atoms with van der Waals surface area (Å²) in [6, 6.07) is 0. The summed E-state index contributed by atoms with van der Waals surface area (Å²) in [7, 11) is 0. The van der Waals surface area contributed by atoms with Gasteiger partial charge in [-0.25, -0.2) is 0 Å². The van der Waals surface area contributed by atoms with Crippen LogP contribution < -0.4 is 11.1 Å². The van der Waals surface area contributed by atoms with Gasteiger partial charge in [-0.05, 0) is 24.7 Å². The Morgan fingerprint density at radius 3 is 2.93 bits per heavy atom. The van der Waals surface area contributed by atoms with Crippen LogP contribution in [0.4, 0.5) is 0 Å². The topological polar surface area (TPSA) is 55.1 Å². The van der Waals surface area contributed by atoms with Gasteiger partial charge < -0.3 is 11.1 Å². The van der Waals surface area contributed by atoms with E-state index in [4.69, 9.17) is 5.73 Å². The largest absolute Gasteiger partial charge is 0.356 e. The van der Waals surface area contributed by atoms with Crippen molar-refractivity contribution < 1.29 is 4.79 Å². The Morgan fingerprint density at radius 1 is 1.50 bits per heavy atom. The highest BCUT2D eigenvalue weighted by Crippen LogP contribution is 2.27. The molecule has 0 spiro atoms. The zero-order valence-electron chi connectivity index (χ0n) is 9.09. The van der Waals surface area contributed by atoms with Gasteiger partial charge in [-0.2, -0.15) is 0 Å². The van der Waals surface area contributed by atoms with E-state index in [1.807, 2.05) is 0 Å². The van der Waals surface area contributed by atoms with Gasteiger partial charge in [0.2, 0.25) is 5.91 Å². The van der Waals surface area contributed by atoms with Crippen LogP contribution in [0.1, 0.15) is 39.0 Å². The molecule has 0 aromatic rings. The second-order valence-corrected chi connectivity index (χ2v) is 4.48. The molecule has 1 rings (SSSR count). The van der Waals surface area contributed by atoms with Crippen molar-refractivity contribution in [3.8, 4) is 0 Å². The summed E-state index contributed by atoms with van der Waals surface area (Å²) in [4.78, 5) is 11.2. The van der Waals surface area contributed by atoms with Crippen molar-refractivity contribution in [3.63, 3.8) is 0 Å². The molecule has 0 aliphatic heterocycles. The highest BCUT2D eigenvalue weighted by Gasteiger charge is 2.18. The predicted molar refractivity (Wildman–Crippen MR) is 57.8 cm³/mol. The van der Waals surface area contributed by atoms with Crippen LogP contribution in [0.5, 0.6) is 0 Å². The van der Waals surface area contributed by atoms with Crippen molar-refractivity contribution in [2.75, 3.05) is 13.1 Å². The number of carbonyl (C=O) groups excluding carboxylic acids is 1. The smallest absolute Gasteiger partial charge is 0.221 e. The minimum atomic E-state index is 0.103. The third kappa shape index (κ3) is 4.09. The van der Waals surface area contributed by atoms with Crippen LogP contribution in [-0.4, -0.2) is 19.0 Å². The molecular formula is C11H22N2O. The van der Waals surface area contributed by atoms with E-state index in [1.54, 1.807) is 0 Å². The molecule has 0 aromatic heterocycles. The Kier molecular flexibility index (Phi) is 4.94. The quantitative estimate of drug-likeness (QED) is 0.715. The van der Waals surface area contributed by atoms with Gasteiger partial charge in [0.05, 0.1) is 0 Å². The maximum Gasteiger partial charge on any atom is 0.221 e. The van der Waals surface area contributed by atoms with Crippen molar-refractivity contribution in [2.45, 2.75) is 39.0 Å². The van der Waals surface area contributed by atoms with E-state index in [0.29, 0.717) is 18.9 Å². The maximum absolute atomic E-state index is 11.2. The molecule has 0 bridgehead atoms. The highest BCUT2D eigenvalue weighted by atomic mass is 16.1. The molecule has 82 valence electrons. The number of nitrogens with one attached hydrogen (secondary N) is 1. The minimum Gasteiger partial charge on any atom is -0.356 e. The van der Waals surface area contributed by atoms with E-state index in [2.05, 4.69) is 12.2 Å². The van der Waals surface area contributed by atoms with Gasteiger partial charge in [-0.3, -0.25) is 4.79 Å². The average molecular weight is 198 g/mol. The molecule has 14 heavy (non-hydrogen) atoms. The summed E-state index contributed by atoms with van der Waals surface area (Å²) < 4.78 is 0. The predicted octanol–water partition coefficient (Wildman–Crippen LogP) is 1.28. The van der Waals surface area contributed by atoms with Gasteiger partial charge in [-0.1, -0.05) is 19.8 Å². The Bertz CT molecular complexity index is 182. The van der Waals surface area contributed by atoms with Crippen LogP contribution in [0.25, 0.3) is 0 Å². The van der Waals surface area contributed by atoms with E-state index in [1.165, 1.54) is 25.7 Å². The molecule has 1 aliphatic carbocycles. The third-order valence-corrected chi connectivity index (χ3v) is 3.00. The maximum atomic E-state index is 11.2. The lowest BCUT2D eigenvalue weighted by atomic mass is 9.82. The second kappa shape index (κ2) is 6.02. The molecule has 2 atom stereocenters. The molecule has 1 fully saturated rings. The fraction of sp³-hybridized carbons (Fsp3) is 0.909. The van der Waals surface area contributed by atoms with Crippen molar-refractivity contribution in [1.29, 1.82) is 0 Å². The van der Waals surface area contributed by atoms with E-state index in [9.17, 15) is 4.79 Å². The first-order valence-corrected chi connectivity index (χ1v) is 5.69. The molecule has 3 heteroatoms. The summed E-state index contributed by atoms with van der Waals surface area (Å²) in [6.45, 7) is 3.60. The lowest BCUT2D eigenvalue weighted by Gasteiger charge is -2.26. The molecule has 0 aromatic carbocycles. The third-order valence-electron chi connectivity index (χ3n) is 3.00. The summed E-state index contributed by atoms with van der Waals surface area (Å²) in [5.74, 6) is 1.63. The first-order chi connectivity index (χ1) is 6.72. The SMILES string of the molecule is CC1CCCC(CNC(=O)CCN)C1. The number of nitrogens with two attached hydrogens (primary N) is 1. The lowest BCUT2D eigenvalue weighted by molar-refractivity contribution is -0.121. The summed E-state index contributed by atoms with van der Waals surface area (Å²) in [5, 5.41) is 2.95. The Morgan fingerprint density at radius 2 is 2.29 bits per heavy atom. The van der Waals surface area contributed by atoms with E-state index < -0.39 is 0 Å². The highest BCUT2D eigenvalue weighted by molar-refractivity contribution is 5.75. The monoisotopic (exact) mass is 198 g/mol. The first-order valence-electron chi connectivity index (χ1n) is 5.69. The zero-order chi connectivity index (χ0) is 10.4. The second-order valence-electron chi connectivity index (χ2n) is 4.48. The van der Waals surface area contributed by atoms with Crippen LogP contribution in [0, 0.1) is 11.8 Å². The molecule has 1 saturated carbocycles. The fourth-order valence-corrected chi connectivity index (χ4v) is 2.22. The van der Waals surface area contributed by atoms with Gasteiger partial charge in [0.1, 0.15) is 0 Å². The number of hydrogen-bond acceptors (Lipinski definition) is 2. The van der Waals surface area contributed by atoms with Gasteiger partial charge in [0.15, 0.2) is 0 Å². The van der Waals surface area contributed by atoms with E-state index in [-0.39, 0.29) is 5.91 Å². The molecule has 0 saturated heterocycles. The van der Waals surface area contributed by atoms with Crippen LogP contribution in [0.15, 0.2) is 0 Å². The van der Waals surface area contributed by atoms with Gasteiger partial charge in [0.25, 0.3) is 0 Å². The summed E-state index contributed by atoms with van der Waals surface area (Å²) in [6.07, 6.45) is 5.67. The van der Waals surface area contributed by atoms with Crippen LogP contribution in [0.2, 0.25) is 0 Å². The van der Waals surface area contributed by atoms with Gasteiger partial charge >= 0.3 is 0 Å². The average Bonchev–Trinajstić information content (AvgIpc) is 2.15. The molecular weight excluding hydrogens is 176 g/mol. The van der Waals surface area contributed by atoms with Crippen molar-refractivity contribution in [2.24, 2.45) is 17.6 Å². The van der Waals surface area contributed by atoms with Crippen LogP contribution in [0.3, 0.4) is 0 Å². The number of hydrogen-bond donors (Lipinski definition) is 2. The Hall–Kier alpha value is -0.570. The molecule has 3 N–H and O–H groups in total. The standard InChI is InChI=1S/C11H22N2O/c1-9-3-2-4-10(7-9)8-13-11(14)5-6-12/h9-10H,2-8,12H2,1H3,(H,13,14). The summed E-state index contributed by atoms with van der Waals surface area (Å²) >= 11 is 0. The molecule has 0 heterocycles. The number of amides is 1. The van der Waals surface area contributed by atoms with E-state index >= 15 is 0 Å². The molecule has 1 amide bonds. The van der Waals surface area contributed by atoms with Crippen molar-refractivity contribution in [1.82, 2.24) is 5.32 Å². The van der Waals surface area contributed by atoms with Gasteiger partial charge in [0, 0.05) is 19.5 Å². The molecule has 0 radical (unpaired) electrons. The van der Waals surface area contributed by atoms with Crippen molar-refractivity contribution >= 4 is 5.91 Å². The Balaban J connectivity index is 2.14. The normalized spacial score (nSPS) is 27.3. The zero-order valence-corrected chi connectivity index (χ0v) is 9.09. The van der Waals surface area contributed by atoms with Gasteiger partial charge in [-0.15, -0.1) is 0 Å². The van der Waals surface area contributed by atoms with Crippen LogP contribution >= 0.6 is 0 Å². The lowest BCUT2D eigenvalue weighted by Crippen LogP contribution is -2.32. The van der Waals surface area contributed by atoms with E-state index in [0.717, 1.165) is 12.5 Å². The molecule has 3 nitrogen and oxygen atoms in total. The van der Waals surface area contributed by atoms with Crippen molar-refractivity contribution in [3.05, 3.63) is 0 Å².